The Kier molecular flexibility index (Phi) is 1.71. The lowest BCUT2D eigenvalue weighted by atomic mass is 10.1. The summed E-state index contributed by atoms with van der Waals surface area (Å²) in [6.07, 6.45) is 4.71. The van der Waals surface area contributed by atoms with Gasteiger partial charge in [-0.3, -0.25) is 0 Å². The van der Waals surface area contributed by atoms with Crippen molar-refractivity contribution in [2.75, 3.05) is 0 Å². The molecule has 0 aliphatic carbocycles. The van der Waals surface area contributed by atoms with E-state index in [1.807, 2.05) is 24.3 Å². The zero-order valence-electron chi connectivity index (χ0n) is 6.79. The number of benzene rings is 1. The third-order valence-corrected chi connectivity index (χ3v) is 1.92. The van der Waals surface area contributed by atoms with E-state index in [4.69, 9.17) is 4.74 Å². The van der Waals surface area contributed by atoms with Gasteiger partial charge in [-0.05, 0) is 30.2 Å². The van der Waals surface area contributed by atoms with Gasteiger partial charge in [-0.15, -0.1) is 0 Å². The van der Waals surface area contributed by atoms with Gasteiger partial charge in [0.05, 0.1) is 0 Å². The lowest BCUT2D eigenvalue weighted by molar-refractivity contribution is 0.428. The minimum absolute atomic E-state index is 0.855. The van der Waals surface area contributed by atoms with Gasteiger partial charge < -0.3 is 4.74 Å². The van der Waals surface area contributed by atoms with Crippen LogP contribution in [-0.4, -0.2) is 0 Å². The van der Waals surface area contributed by atoms with Crippen LogP contribution in [-0.2, 0) is 6.42 Å². The van der Waals surface area contributed by atoms with E-state index in [2.05, 4.69) is 12.6 Å². The van der Waals surface area contributed by atoms with Crippen molar-refractivity contribution in [3.63, 3.8) is 0 Å². The smallest absolute Gasteiger partial charge is 0.130 e. The van der Waals surface area contributed by atoms with Crippen molar-refractivity contribution < 1.29 is 4.74 Å². The molecule has 0 bridgehead atoms. The summed E-state index contributed by atoms with van der Waals surface area (Å²) in [7, 11) is 0. The van der Waals surface area contributed by atoms with Crippen molar-refractivity contribution in [3.8, 4) is 5.75 Å². The molecule has 0 N–H and O–H groups in total. The van der Waals surface area contributed by atoms with Crippen LogP contribution in [0.2, 0.25) is 0 Å². The standard InChI is InChI=1S/C11H10O/c1-2-10-8-7-9-5-3-4-6-11(9)12-10/h2-6,8H,1,7H2. The van der Waals surface area contributed by atoms with E-state index >= 15 is 0 Å². The summed E-state index contributed by atoms with van der Waals surface area (Å²) < 4.78 is 5.52. The minimum Gasteiger partial charge on any atom is -0.457 e. The maximum Gasteiger partial charge on any atom is 0.130 e. The Balaban J connectivity index is 2.36. The molecule has 1 aliphatic rings. The molecule has 0 amide bonds. The number of allylic oxidation sites excluding steroid dienone is 2. The predicted octanol–water partition coefficient (Wildman–Crippen LogP) is 2.69. The Labute approximate surface area is 72.0 Å². The number of hydrogen-bond donors (Lipinski definition) is 0. The molecule has 1 heterocycles. The molecule has 0 spiro atoms. The van der Waals surface area contributed by atoms with Gasteiger partial charge in [0.2, 0.25) is 0 Å². The molecule has 1 aromatic carbocycles. The highest BCUT2D eigenvalue weighted by atomic mass is 16.5. The van der Waals surface area contributed by atoms with Gasteiger partial charge in [0.25, 0.3) is 0 Å². The van der Waals surface area contributed by atoms with Crippen molar-refractivity contribution in [1.29, 1.82) is 0 Å². The largest absolute Gasteiger partial charge is 0.457 e. The van der Waals surface area contributed by atoms with Crippen molar-refractivity contribution in [1.82, 2.24) is 0 Å². The monoisotopic (exact) mass is 158 g/mol. The lowest BCUT2D eigenvalue weighted by Crippen LogP contribution is -2.01. The minimum atomic E-state index is 0.855. The second-order valence-electron chi connectivity index (χ2n) is 2.72. The molecule has 1 aliphatic heterocycles. The average molecular weight is 158 g/mol. The van der Waals surface area contributed by atoms with E-state index in [9.17, 15) is 0 Å². The van der Waals surface area contributed by atoms with Crippen LogP contribution in [0.25, 0.3) is 0 Å². The van der Waals surface area contributed by atoms with Gasteiger partial charge in [0.1, 0.15) is 11.5 Å². The first-order valence-electron chi connectivity index (χ1n) is 3.98. The van der Waals surface area contributed by atoms with Crippen LogP contribution in [0.1, 0.15) is 5.56 Å². The summed E-state index contributed by atoms with van der Waals surface area (Å²) in [5, 5.41) is 0. The zero-order chi connectivity index (χ0) is 8.39. The number of fused-ring (bicyclic) bond motifs is 1. The third-order valence-electron chi connectivity index (χ3n) is 1.92. The fourth-order valence-corrected chi connectivity index (χ4v) is 1.28. The van der Waals surface area contributed by atoms with Gasteiger partial charge >= 0.3 is 0 Å². The molecule has 2 rings (SSSR count). The molecular formula is C11H10O. The molecule has 1 heteroatoms. The molecule has 0 unspecified atom stereocenters. The van der Waals surface area contributed by atoms with Crippen LogP contribution >= 0.6 is 0 Å². The van der Waals surface area contributed by atoms with E-state index in [1.54, 1.807) is 6.08 Å². The molecular weight excluding hydrogens is 148 g/mol. The number of ether oxygens (including phenoxy) is 1. The summed E-state index contributed by atoms with van der Waals surface area (Å²) in [5.41, 5.74) is 1.24. The number of rotatable bonds is 1. The van der Waals surface area contributed by atoms with Crippen LogP contribution in [0.15, 0.2) is 48.8 Å². The van der Waals surface area contributed by atoms with E-state index < -0.39 is 0 Å². The summed E-state index contributed by atoms with van der Waals surface area (Å²) in [5.74, 6) is 1.81. The van der Waals surface area contributed by atoms with Crippen molar-refractivity contribution >= 4 is 0 Å². The number of para-hydroxylation sites is 1. The Morgan fingerprint density at radius 1 is 1.33 bits per heavy atom. The van der Waals surface area contributed by atoms with E-state index in [0.29, 0.717) is 0 Å². The molecule has 0 saturated carbocycles. The quantitative estimate of drug-likeness (QED) is 0.610. The maximum absolute atomic E-state index is 5.52. The van der Waals surface area contributed by atoms with Crippen LogP contribution in [0.3, 0.4) is 0 Å². The second kappa shape index (κ2) is 2.86. The number of hydrogen-bond acceptors (Lipinski definition) is 1. The molecule has 1 aromatic rings. The molecule has 0 atom stereocenters. The first-order chi connectivity index (χ1) is 5.90. The Hall–Kier alpha value is -1.50. The summed E-state index contributed by atoms with van der Waals surface area (Å²) in [6, 6.07) is 8.05. The highest BCUT2D eigenvalue weighted by molar-refractivity contribution is 5.40. The van der Waals surface area contributed by atoms with E-state index in [1.165, 1.54) is 5.56 Å². The fraction of sp³-hybridized carbons (Fsp3) is 0.0909. The molecule has 0 fully saturated rings. The lowest BCUT2D eigenvalue weighted by Gasteiger charge is -2.15. The average Bonchev–Trinajstić information content (AvgIpc) is 2.17. The van der Waals surface area contributed by atoms with Gasteiger partial charge in [-0.1, -0.05) is 24.8 Å². The molecule has 0 saturated heterocycles. The van der Waals surface area contributed by atoms with E-state index in [-0.39, 0.29) is 0 Å². The fourth-order valence-electron chi connectivity index (χ4n) is 1.28. The van der Waals surface area contributed by atoms with E-state index in [0.717, 1.165) is 17.9 Å². The summed E-state index contributed by atoms with van der Waals surface area (Å²) >= 11 is 0. The Bertz CT molecular complexity index is 337. The predicted molar refractivity (Wildman–Crippen MR) is 49.1 cm³/mol. The van der Waals surface area contributed by atoms with Gasteiger partial charge in [0, 0.05) is 0 Å². The van der Waals surface area contributed by atoms with Crippen molar-refractivity contribution in [3.05, 3.63) is 54.3 Å². The zero-order valence-corrected chi connectivity index (χ0v) is 6.79. The van der Waals surface area contributed by atoms with Crippen molar-refractivity contribution in [2.45, 2.75) is 6.42 Å². The highest BCUT2D eigenvalue weighted by Crippen LogP contribution is 2.25. The van der Waals surface area contributed by atoms with Gasteiger partial charge in [-0.25, -0.2) is 0 Å². The summed E-state index contributed by atoms with van der Waals surface area (Å²) in [6.45, 7) is 3.66. The topological polar surface area (TPSA) is 9.23 Å². The molecule has 1 nitrogen and oxygen atoms in total. The van der Waals surface area contributed by atoms with Crippen LogP contribution in [0.4, 0.5) is 0 Å². The first-order valence-corrected chi connectivity index (χ1v) is 3.98. The second-order valence-corrected chi connectivity index (χ2v) is 2.72. The molecule has 0 radical (unpaired) electrons. The highest BCUT2D eigenvalue weighted by Gasteiger charge is 2.08. The van der Waals surface area contributed by atoms with Crippen molar-refractivity contribution in [2.24, 2.45) is 0 Å². The SMILES string of the molecule is C=CC1=CCc2ccccc2O1. The molecule has 60 valence electrons. The third kappa shape index (κ3) is 1.14. The summed E-state index contributed by atoms with van der Waals surface area (Å²) in [4.78, 5) is 0. The Morgan fingerprint density at radius 2 is 2.17 bits per heavy atom. The first kappa shape index (κ1) is 7.17. The maximum atomic E-state index is 5.52. The Morgan fingerprint density at radius 3 is 3.00 bits per heavy atom. The molecule has 0 aromatic heterocycles. The normalized spacial score (nSPS) is 14.2. The van der Waals surface area contributed by atoms with Gasteiger partial charge in [0.15, 0.2) is 0 Å². The van der Waals surface area contributed by atoms with Crippen LogP contribution in [0, 0.1) is 0 Å². The van der Waals surface area contributed by atoms with Gasteiger partial charge in [-0.2, -0.15) is 0 Å². The van der Waals surface area contributed by atoms with Crippen LogP contribution < -0.4 is 4.74 Å². The van der Waals surface area contributed by atoms with Crippen LogP contribution in [0.5, 0.6) is 5.75 Å². The molecule has 12 heavy (non-hydrogen) atoms.